The molecule has 0 atom stereocenters. The van der Waals surface area contributed by atoms with Crippen molar-refractivity contribution >= 4 is 13.0 Å². The summed E-state index contributed by atoms with van der Waals surface area (Å²) in [5.74, 6) is 2.45. The van der Waals surface area contributed by atoms with Crippen LogP contribution in [0.4, 0.5) is 17.3 Å². The molecule has 0 unspecified atom stereocenters. The van der Waals surface area contributed by atoms with E-state index >= 15 is 0 Å². The third-order valence-electron chi connectivity index (χ3n) is 4.07. The molecule has 2 aromatic carbocycles. The standard InChI is InChI=1S/C25H29O4.BF4/c1-5-28-24(20-12-16-22(26-3)17-13-20)10-8-7-9-11-25(29-6-2)21-14-18-23(27-4)19-15-21;2-1(3,4)5/h7-19H,5-6H2,1-4H3;/q+1;-1/b8-7+,11-9+,24-10+;. The highest BCUT2D eigenvalue weighted by atomic mass is 19.5. The molecule has 4 nitrogen and oxygen atoms in total. The Morgan fingerprint density at radius 2 is 1.32 bits per heavy atom. The molecule has 2 aromatic rings. The van der Waals surface area contributed by atoms with Gasteiger partial charge in [-0.05, 0) is 56.3 Å². The average Bonchev–Trinajstić information content (AvgIpc) is 2.81. The van der Waals surface area contributed by atoms with Crippen LogP contribution in [0.5, 0.6) is 11.5 Å². The molecular formula is C25H29BF4O4. The number of ether oxygens (including phenoxy) is 4. The van der Waals surface area contributed by atoms with Crippen LogP contribution in [0.15, 0.2) is 78.9 Å². The summed E-state index contributed by atoms with van der Waals surface area (Å²) >= 11 is 0. The molecule has 0 radical (unpaired) electrons. The summed E-state index contributed by atoms with van der Waals surface area (Å²) in [4.78, 5) is 0. The maximum atomic E-state index is 9.75. The van der Waals surface area contributed by atoms with E-state index in [0.717, 1.165) is 34.5 Å². The van der Waals surface area contributed by atoms with Crippen LogP contribution in [-0.4, -0.2) is 34.7 Å². The first-order valence-corrected chi connectivity index (χ1v) is 10.6. The molecule has 184 valence electrons. The molecule has 0 N–H and O–H groups in total. The van der Waals surface area contributed by atoms with Gasteiger partial charge in [0.05, 0.1) is 33.5 Å². The van der Waals surface area contributed by atoms with E-state index in [1.807, 2.05) is 92.8 Å². The number of benzene rings is 2. The summed E-state index contributed by atoms with van der Waals surface area (Å²) in [5.41, 5.74) is 2.00. The number of hydrogen-bond donors (Lipinski definition) is 0. The van der Waals surface area contributed by atoms with Gasteiger partial charge in [0.1, 0.15) is 22.8 Å². The van der Waals surface area contributed by atoms with Crippen molar-refractivity contribution in [3.05, 3.63) is 96.1 Å². The van der Waals surface area contributed by atoms with Crippen molar-refractivity contribution in [1.29, 1.82) is 0 Å². The molecule has 0 spiro atoms. The second-order valence-electron chi connectivity index (χ2n) is 6.46. The summed E-state index contributed by atoms with van der Waals surface area (Å²) < 4.78 is 60.9. The van der Waals surface area contributed by atoms with E-state index in [1.165, 1.54) is 0 Å². The topological polar surface area (TPSA) is 36.9 Å². The van der Waals surface area contributed by atoms with Gasteiger partial charge in [-0.1, -0.05) is 0 Å². The van der Waals surface area contributed by atoms with Gasteiger partial charge in [-0.2, -0.15) is 0 Å². The minimum atomic E-state index is -6.00. The first kappa shape index (κ1) is 28.7. The highest BCUT2D eigenvalue weighted by Gasteiger charge is 2.20. The number of methoxy groups -OCH3 is 2. The molecule has 0 aliphatic carbocycles. The second-order valence-corrected chi connectivity index (χ2v) is 6.46. The van der Waals surface area contributed by atoms with Crippen LogP contribution in [0, 0.1) is 6.10 Å². The molecule has 9 heteroatoms. The minimum Gasteiger partial charge on any atom is -0.497 e. The van der Waals surface area contributed by atoms with Crippen LogP contribution in [0.2, 0.25) is 0 Å². The largest absolute Gasteiger partial charge is 0.673 e. The molecule has 0 aliphatic heterocycles. The van der Waals surface area contributed by atoms with E-state index in [2.05, 4.69) is 0 Å². The van der Waals surface area contributed by atoms with Gasteiger partial charge in [0.15, 0.2) is 6.10 Å². The SMILES string of the molecule is CCO/C(=C/C=C/C=C/[C+](OCC)c1ccc(OC)cc1)c1ccc(OC)cc1.F[B-](F)(F)F. The lowest BCUT2D eigenvalue weighted by Crippen LogP contribution is -2.02. The maximum absolute atomic E-state index is 9.75. The summed E-state index contributed by atoms with van der Waals surface area (Å²) in [5, 5.41) is 0. The molecule has 0 aromatic heterocycles. The molecule has 2 rings (SSSR count). The Labute approximate surface area is 198 Å². The number of allylic oxidation sites excluding steroid dienone is 4. The molecular weight excluding hydrogens is 451 g/mol. The normalized spacial score (nSPS) is 11.8. The van der Waals surface area contributed by atoms with E-state index in [1.54, 1.807) is 14.2 Å². The van der Waals surface area contributed by atoms with Gasteiger partial charge in [0.2, 0.25) is 0 Å². The summed E-state index contributed by atoms with van der Waals surface area (Å²) in [6.07, 6.45) is 10.5. The van der Waals surface area contributed by atoms with E-state index in [0.29, 0.717) is 13.2 Å². The average molecular weight is 480 g/mol. The molecule has 0 aliphatic rings. The Morgan fingerprint density at radius 1 is 0.794 bits per heavy atom. The van der Waals surface area contributed by atoms with Gasteiger partial charge in [-0.3, -0.25) is 4.74 Å². The summed E-state index contributed by atoms with van der Waals surface area (Å²) in [6.45, 7) is 5.14. The fraction of sp³-hybridized carbons (Fsp3) is 0.240. The Balaban J connectivity index is 0.00000104. The molecule has 0 amide bonds. The van der Waals surface area contributed by atoms with Crippen LogP contribution in [-0.2, 0) is 9.47 Å². The lowest BCUT2D eigenvalue weighted by Gasteiger charge is -2.08. The molecule has 0 bridgehead atoms. The molecule has 0 heterocycles. The van der Waals surface area contributed by atoms with E-state index in [-0.39, 0.29) is 0 Å². The van der Waals surface area contributed by atoms with Gasteiger partial charge >= 0.3 is 7.25 Å². The van der Waals surface area contributed by atoms with Crippen molar-refractivity contribution in [3.63, 3.8) is 0 Å². The minimum absolute atomic E-state index is 0.598. The van der Waals surface area contributed by atoms with Crippen molar-refractivity contribution in [1.82, 2.24) is 0 Å². The van der Waals surface area contributed by atoms with Crippen LogP contribution in [0.1, 0.15) is 25.0 Å². The van der Waals surface area contributed by atoms with Gasteiger partial charge in [0, 0.05) is 35.9 Å². The zero-order valence-corrected chi connectivity index (χ0v) is 19.6. The van der Waals surface area contributed by atoms with Gasteiger partial charge in [0.25, 0.3) is 0 Å². The first-order valence-electron chi connectivity index (χ1n) is 10.6. The van der Waals surface area contributed by atoms with E-state index < -0.39 is 7.25 Å². The fourth-order valence-corrected chi connectivity index (χ4v) is 2.63. The fourth-order valence-electron chi connectivity index (χ4n) is 2.63. The zero-order valence-electron chi connectivity index (χ0n) is 19.6. The highest BCUT2D eigenvalue weighted by Crippen LogP contribution is 2.22. The van der Waals surface area contributed by atoms with Crippen molar-refractivity contribution in [3.8, 4) is 11.5 Å². The van der Waals surface area contributed by atoms with Crippen molar-refractivity contribution in [2.75, 3.05) is 27.4 Å². The predicted octanol–water partition coefficient (Wildman–Crippen LogP) is 7.11. The lowest BCUT2D eigenvalue weighted by atomic mass is 10.1. The third kappa shape index (κ3) is 12.1. The van der Waals surface area contributed by atoms with Gasteiger partial charge in [-0.25, -0.2) is 0 Å². The number of hydrogen-bond acceptors (Lipinski definition) is 4. The summed E-state index contributed by atoms with van der Waals surface area (Å²) in [7, 11) is -2.69. The zero-order chi connectivity index (χ0) is 25.4. The van der Waals surface area contributed by atoms with E-state index in [4.69, 9.17) is 18.9 Å². The molecule has 0 saturated heterocycles. The van der Waals surface area contributed by atoms with Crippen LogP contribution in [0.25, 0.3) is 5.76 Å². The maximum Gasteiger partial charge on any atom is 0.673 e. The second kappa shape index (κ2) is 15.5. The van der Waals surface area contributed by atoms with Gasteiger partial charge < -0.3 is 31.5 Å². The predicted molar refractivity (Wildman–Crippen MR) is 128 cm³/mol. The Morgan fingerprint density at radius 3 is 1.79 bits per heavy atom. The van der Waals surface area contributed by atoms with Crippen molar-refractivity contribution < 1.29 is 36.2 Å². The molecule has 0 fully saturated rings. The summed E-state index contributed by atoms with van der Waals surface area (Å²) in [6, 6.07) is 15.6. The van der Waals surface area contributed by atoms with E-state index in [9.17, 15) is 17.3 Å². The molecule has 34 heavy (non-hydrogen) atoms. The number of halogens is 4. The van der Waals surface area contributed by atoms with Crippen molar-refractivity contribution in [2.45, 2.75) is 13.8 Å². The van der Waals surface area contributed by atoms with Crippen molar-refractivity contribution in [2.24, 2.45) is 0 Å². The lowest BCUT2D eigenvalue weighted by molar-refractivity contribution is 0.195. The smallest absolute Gasteiger partial charge is 0.497 e. The Kier molecular flexibility index (Phi) is 13.1. The highest BCUT2D eigenvalue weighted by molar-refractivity contribution is 6.50. The quantitative estimate of drug-likeness (QED) is 0.113. The van der Waals surface area contributed by atoms with Gasteiger partial charge in [-0.15, -0.1) is 0 Å². The van der Waals surface area contributed by atoms with Crippen LogP contribution < -0.4 is 9.47 Å². The monoisotopic (exact) mass is 480 g/mol. The Hall–Kier alpha value is -3.33. The molecule has 0 saturated carbocycles. The van der Waals surface area contributed by atoms with Crippen LogP contribution in [0.3, 0.4) is 0 Å². The Bertz CT molecular complexity index is 902. The first-order chi connectivity index (χ1) is 16.2. The third-order valence-corrected chi connectivity index (χ3v) is 4.07. The number of rotatable bonds is 11. The van der Waals surface area contributed by atoms with Crippen LogP contribution >= 0.6 is 0 Å².